The van der Waals surface area contributed by atoms with Gasteiger partial charge in [-0.15, -0.1) is 0 Å². The fourth-order valence-electron chi connectivity index (χ4n) is 3.18. The molecule has 1 N–H and O–H groups in total. The maximum Gasteiger partial charge on any atom is 0.291 e. The number of benzene rings is 2. The number of ether oxygens (including phenoxy) is 1. The monoisotopic (exact) mass is 415 g/mol. The second-order valence-electron chi connectivity index (χ2n) is 7.69. The third kappa shape index (κ3) is 5.22. The van der Waals surface area contributed by atoms with Crippen molar-refractivity contribution < 1.29 is 13.9 Å². The van der Waals surface area contributed by atoms with Crippen LogP contribution in [-0.2, 0) is 13.2 Å². The highest BCUT2D eigenvalue weighted by Crippen LogP contribution is 2.21. The molecule has 1 amide bonds. The Morgan fingerprint density at radius 1 is 1.03 bits per heavy atom. The number of nitrogens with zero attached hydrogens (tertiary/aromatic N) is 2. The van der Waals surface area contributed by atoms with Crippen LogP contribution in [0.3, 0.4) is 0 Å². The average Bonchev–Trinajstić information content (AvgIpc) is 3.40. The third-order valence-corrected chi connectivity index (χ3v) is 4.96. The van der Waals surface area contributed by atoms with Crippen molar-refractivity contribution >= 4 is 11.6 Å². The normalized spacial score (nSPS) is 10.8. The first-order valence-corrected chi connectivity index (χ1v) is 10.1. The van der Waals surface area contributed by atoms with Crippen LogP contribution in [0.2, 0.25) is 0 Å². The van der Waals surface area contributed by atoms with Crippen molar-refractivity contribution in [2.75, 3.05) is 5.32 Å². The number of carbonyl (C=O) groups is 1. The highest BCUT2D eigenvalue weighted by molar-refractivity contribution is 6.02. The number of hydrogen-bond donors (Lipinski definition) is 1. The molecule has 0 unspecified atom stereocenters. The lowest BCUT2D eigenvalue weighted by molar-refractivity contribution is 0.0992. The van der Waals surface area contributed by atoms with Crippen LogP contribution in [0.15, 0.2) is 71.4 Å². The van der Waals surface area contributed by atoms with Gasteiger partial charge < -0.3 is 14.5 Å². The van der Waals surface area contributed by atoms with Gasteiger partial charge in [-0.05, 0) is 55.7 Å². The van der Waals surface area contributed by atoms with E-state index in [2.05, 4.69) is 41.6 Å². The van der Waals surface area contributed by atoms with E-state index in [1.807, 2.05) is 32.0 Å². The van der Waals surface area contributed by atoms with Gasteiger partial charge in [0.1, 0.15) is 18.1 Å². The Bertz CT molecular complexity index is 1190. The standard InChI is InChI=1S/C25H25N3O3/c1-17-5-8-20(9-6-17)14-28-15-21(13-26-28)27-25(29)23-11-10-22(31-23)16-30-24-12-18(2)4-7-19(24)3/h4-13,15H,14,16H2,1-3H3,(H,27,29). The molecule has 31 heavy (non-hydrogen) atoms. The number of rotatable bonds is 7. The molecule has 6 nitrogen and oxygen atoms in total. The molecule has 158 valence electrons. The molecule has 0 atom stereocenters. The fourth-order valence-corrected chi connectivity index (χ4v) is 3.18. The Labute approximate surface area is 181 Å². The van der Waals surface area contributed by atoms with Crippen LogP contribution in [0.5, 0.6) is 5.75 Å². The Balaban J connectivity index is 1.34. The smallest absolute Gasteiger partial charge is 0.291 e. The summed E-state index contributed by atoms with van der Waals surface area (Å²) in [6.07, 6.45) is 3.42. The molecule has 0 saturated carbocycles. The average molecular weight is 415 g/mol. The van der Waals surface area contributed by atoms with Gasteiger partial charge in [-0.2, -0.15) is 5.10 Å². The van der Waals surface area contributed by atoms with E-state index in [9.17, 15) is 4.79 Å². The zero-order chi connectivity index (χ0) is 21.8. The molecule has 4 aromatic rings. The van der Waals surface area contributed by atoms with Crippen LogP contribution in [0.25, 0.3) is 0 Å². The molecule has 0 spiro atoms. The highest BCUT2D eigenvalue weighted by Gasteiger charge is 2.13. The van der Waals surface area contributed by atoms with Crippen molar-refractivity contribution in [3.05, 3.63) is 101 Å². The maximum absolute atomic E-state index is 12.5. The van der Waals surface area contributed by atoms with Gasteiger partial charge in [-0.1, -0.05) is 42.0 Å². The van der Waals surface area contributed by atoms with E-state index in [0.29, 0.717) is 18.0 Å². The number of aryl methyl sites for hydroxylation is 3. The first-order valence-electron chi connectivity index (χ1n) is 10.1. The number of nitrogens with one attached hydrogen (secondary N) is 1. The fraction of sp³-hybridized carbons (Fsp3) is 0.200. The minimum Gasteiger partial charge on any atom is -0.485 e. The van der Waals surface area contributed by atoms with Crippen LogP contribution in [-0.4, -0.2) is 15.7 Å². The van der Waals surface area contributed by atoms with Gasteiger partial charge in [-0.25, -0.2) is 0 Å². The third-order valence-electron chi connectivity index (χ3n) is 4.96. The van der Waals surface area contributed by atoms with Crippen molar-refractivity contribution in [1.82, 2.24) is 9.78 Å². The summed E-state index contributed by atoms with van der Waals surface area (Å²) in [6.45, 7) is 6.96. The molecule has 2 aromatic carbocycles. The topological polar surface area (TPSA) is 69.3 Å². The van der Waals surface area contributed by atoms with Crippen molar-refractivity contribution in [1.29, 1.82) is 0 Å². The molecule has 0 radical (unpaired) electrons. The summed E-state index contributed by atoms with van der Waals surface area (Å²) in [6, 6.07) is 17.7. The van der Waals surface area contributed by atoms with Gasteiger partial charge in [0, 0.05) is 6.20 Å². The predicted molar refractivity (Wildman–Crippen MR) is 119 cm³/mol. The minimum atomic E-state index is -0.326. The summed E-state index contributed by atoms with van der Waals surface area (Å²) in [4.78, 5) is 12.5. The van der Waals surface area contributed by atoms with E-state index < -0.39 is 0 Å². The molecule has 2 heterocycles. The van der Waals surface area contributed by atoms with Crippen molar-refractivity contribution in [3.63, 3.8) is 0 Å². The van der Waals surface area contributed by atoms with Crippen molar-refractivity contribution in [2.24, 2.45) is 0 Å². The van der Waals surface area contributed by atoms with Crippen molar-refractivity contribution in [2.45, 2.75) is 33.9 Å². The number of anilines is 1. The van der Waals surface area contributed by atoms with Gasteiger partial charge >= 0.3 is 0 Å². The lowest BCUT2D eigenvalue weighted by Gasteiger charge is -2.08. The van der Waals surface area contributed by atoms with E-state index in [-0.39, 0.29) is 18.3 Å². The molecule has 0 aliphatic heterocycles. The number of amides is 1. The summed E-state index contributed by atoms with van der Waals surface area (Å²) in [5.41, 5.74) is 5.16. The number of hydrogen-bond acceptors (Lipinski definition) is 4. The number of aromatic nitrogens is 2. The molecular formula is C25H25N3O3. The molecule has 0 aliphatic carbocycles. The lowest BCUT2D eigenvalue weighted by Crippen LogP contribution is -2.10. The molecule has 0 aliphatic rings. The summed E-state index contributed by atoms with van der Waals surface area (Å²) in [5, 5.41) is 7.14. The predicted octanol–water partition coefficient (Wildman–Crippen LogP) is 5.28. The van der Waals surface area contributed by atoms with Crippen LogP contribution in [0, 0.1) is 20.8 Å². The minimum absolute atomic E-state index is 0.228. The van der Waals surface area contributed by atoms with Gasteiger partial charge in [0.2, 0.25) is 0 Å². The van der Waals surface area contributed by atoms with Crippen LogP contribution >= 0.6 is 0 Å². The summed E-state index contributed by atoms with van der Waals surface area (Å²) >= 11 is 0. The molecule has 0 bridgehead atoms. The zero-order valence-corrected chi connectivity index (χ0v) is 17.9. The Hall–Kier alpha value is -3.80. The Morgan fingerprint density at radius 3 is 2.61 bits per heavy atom. The molecule has 4 rings (SSSR count). The maximum atomic E-state index is 12.5. The first-order chi connectivity index (χ1) is 15.0. The number of carbonyl (C=O) groups excluding carboxylic acids is 1. The molecule has 6 heteroatoms. The van der Waals surface area contributed by atoms with E-state index in [4.69, 9.17) is 9.15 Å². The molecular weight excluding hydrogens is 390 g/mol. The highest BCUT2D eigenvalue weighted by atomic mass is 16.5. The van der Waals surface area contributed by atoms with Crippen molar-refractivity contribution in [3.8, 4) is 5.75 Å². The molecule has 0 saturated heterocycles. The summed E-state index contributed by atoms with van der Waals surface area (Å²) in [7, 11) is 0. The quantitative estimate of drug-likeness (QED) is 0.446. The summed E-state index contributed by atoms with van der Waals surface area (Å²) in [5.74, 6) is 1.29. The van der Waals surface area contributed by atoms with Gasteiger partial charge in [0.05, 0.1) is 18.4 Å². The van der Waals surface area contributed by atoms with E-state index >= 15 is 0 Å². The van der Waals surface area contributed by atoms with E-state index in [0.717, 1.165) is 22.4 Å². The second-order valence-corrected chi connectivity index (χ2v) is 7.69. The van der Waals surface area contributed by atoms with Crippen LogP contribution in [0.1, 0.15) is 38.6 Å². The number of furan rings is 1. The zero-order valence-electron chi connectivity index (χ0n) is 17.9. The first kappa shape index (κ1) is 20.5. The second kappa shape index (κ2) is 8.92. The van der Waals surface area contributed by atoms with Gasteiger partial charge in [0.15, 0.2) is 5.76 Å². The van der Waals surface area contributed by atoms with Gasteiger partial charge in [0.25, 0.3) is 5.91 Å². The lowest BCUT2D eigenvalue weighted by atomic mass is 10.1. The van der Waals surface area contributed by atoms with E-state index in [1.165, 1.54) is 5.56 Å². The largest absolute Gasteiger partial charge is 0.485 e. The van der Waals surface area contributed by atoms with Crippen LogP contribution in [0.4, 0.5) is 5.69 Å². The Kier molecular flexibility index (Phi) is 5.89. The molecule has 0 fully saturated rings. The molecule has 2 aromatic heterocycles. The van der Waals surface area contributed by atoms with Gasteiger partial charge in [-0.3, -0.25) is 9.48 Å². The van der Waals surface area contributed by atoms with E-state index in [1.54, 1.807) is 29.2 Å². The SMILES string of the molecule is Cc1ccc(Cn2cc(NC(=O)c3ccc(COc4cc(C)ccc4C)o3)cn2)cc1. The van der Waals surface area contributed by atoms with Crippen LogP contribution < -0.4 is 10.1 Å². The Morgan fingerprint density at radius 2 is 1.81 bits per heavy atom. The summed E-state index contributed by atoms with van der Waals surface area (Å²) < 4.78 is 13.3.